The summed E-state index contributed by atoms with van der Waals surface area (Å²) in [6, 6.07) is 23.1. The number of allylic oxidation sites excluding steroid dienone is 1. The van der Waals surface area contributed by atoms with E-state index in [9.17, 15) is 9.59 Å². The van der Waals surface area contributed by atoms with E-state index >= 15 is 0 Å². The van der Waals surface area contributed by atoms with Crippen LogP contribution in [0.5, 0.6) is 5.75 Å². The van der Waals surface area contributed by atoms with Crippen molar-refractivity contribution in [2.45, 2.75) is 39.5 Å². The van der Waals surface area contributed by atoms with Crippen molar-refractivity contribution >= 4 is 35.0 Å². The zero-order chi connectivity index (χ0) is 29.1. The van der Waals surface area contributed by atoms with Gasteiger partial charge in [0.05, 0.1) is 39.6 Å². The molecule has 0 spiro atoms. The summed E-state index contributed by atoms with van der Waals surface area (Å²) in [6.07, 6.45) is 1.45. The first kappa shape index (κ1) is 28.1. The highest BCUT2D eigenvalue weighted by molar-refractivity contribution is 7.07. The summed E-state index contributed by atoms with van der Waals surface area (Å²) in [6.45, 7) is 5.61. The minimum absolute atomic E-state index is 0.280. The number of rotatable bonds is 7. The normalized spacial score (nSPS) is 14.8. The molecule has 0 saturated heterocycles. The van der Waals surface area contributed by atoms with Gasteiger partial charge in [0, 0.05) is 10.6 Å². The Hall–Kier alpha value is -4.45. The number of carbonyl (C=O) groups excluding carboxylic acids is 1. The summed E-state index contributed by atoms with van der Waals surface area (Å²) < 4.78 is 13.6. The molecule has 4 aromatic rings. The van der Waals surface area contributed by atoms with Crippen molar-refractivity contribution in [3.63, 3.8) is 0 Å². The Morgan fingerprint density at radius 1 is 1.12 bits per heavy atom. The van der Waals surface area contributed by atoms with E-state index in [1.807, 2.05) is 36.4 Å². The van der Waals surface area contributed by atoms with Gasteiger partial charge in [-0.25, -0.2) is 9.79 Å². The maximum atomic E-state index is 13.9. The Morgan fingerprint density at radius 3 is 2.51 bits per heavy atom. The van der Waals surface area contributed by atoms with Gasteiger partial charge in [0.1, 0.15) is 12.4 Å². The lowest BCUT2D eigenvalue weighted by Gasteiger charge is -2.25. The van der Waals surface area contributed by atoms with E-state index in [0.717, 1.165) is 16.7 Å². The number of para-hydroxylation sites is 1. The third-order valence-corrected chi connectivity index (χ3v) is 7.69. The van der Waals surface area contributed by atoms with Crippen LogP contribution in [0.15, 0.2) is 93.9 Å². The quantitative estimate of drug-likeness (QED) is 0.276. The highest BCUT2D eigenvalue weighted by atomic mass is 35.5. The van der Waals surface area contributed by atoms with Crippen LogP contribution in [0, 0.1) is 11.3 Å². The fraction of sp³-hybridized carbons (Fsp3) is 0.188. The number of benzene rings is 3. The number of hydrogen-bond donors (Lipinski definition) is 0. The van der Waals surface area contributed by atoms with Crippen LogP contribution in [0.1, 0.15) is 49.1 Å². The van der Waals surface area contributed by atoms with E-state index < -0.39 is 12.0 Å². The maximum absolute atomic E-state index is 13.9. The molecule has 0 fully saturated rings. The fourth-order valence-electron chi connectivity index (χ4n) is 4.53. The number of thiazole rings is 1. The summed E-state index contributed by atoms with van der Waals surface area (Å²) in [7, 11) is 0. The minimum atomic E-state index is -0.722. The fourth-order valence-corrected chi connectivity index (χ4v) is 5.69. The summed E-state index contributed by atoms with van der Waals surface area (Å²) >= 11 is 7.39. The summed E-state index contributed by atoms with van der Waals surface area (Å²) in [5.41, 5.74) is 3.47. The molecule has 0 aliphatic carbocycles. The van der Waals surface area contributed by atoms with Gasteiger partial charge in [0.15, 0.2) is 4.80 Å². The van der Waals surface area contributed by atoms with Crippen LogP contribution in [0.3, 0.4) is 0 Å². The molecule has 0 saturated carbocycles. The summed E-state index contributed by atoms with van der Waals surface area (Å²) in [5, 5.41) is 9.58. The number of aromatic nitrogens is 1. The lowest BCUT2D eigenvalue weighted by atomic mass is 9.96. The molecule has 0 unspecified atom stereocenters. The minimum Gasteiger partial charge on any atom is -0.488 e. The Kier molecular flexibility index (Phi) is 8.20. The number of esters is 1. The second kappa shape index (κ2) is 12.0. The Labute approximate surface area is 245 Å². The molecule has 0 N–H and O–H groups in total. The van der Waals surface area contributed by atoms with Crippen LogP contribution in [0.4, 0.5) is 0 Å². The number of fused-ring (bicyclic) bond motifs is 1. The van der Waals surface area contributed by atoms with Crippen LogP contribution in [0.2, 0.25) is 5.02 Å². The van der Waals surface area contributed by atoms with Crippen molar-refractivity contribution in [1.29, 1.82) is 5.26 Å². The van der Waals surface area contributed by atoms with Crippen LogP contribution in [0.25, 0.3) is 6.08 Å². The third-order valence-electron chi connectivity index (χ3n) is 6.45. The van der Waals surface area contributed by atoms with Crippen LogP contribution in [-0.4, -0.2) is 16.6 Å². The monoisotopic (exact) mass is 583 g/mol. The molecule has 0 bridgehead atoms. The zero-order valence-corrected chi connectivity index (χ0v) is 24.2. The molecule has 41 heavy (non-hydrogen) atoms. The number of halogens is 1. The van der Waals surface area contributed by atoms with Crippen molar-refractivity contribution in [3.8, 4) is 11.8 Å². The predicted molar refractivity (Wildman–Crippen MR) is 158 cm³/mol. The largest absolute Gasteiger partial charge is 0.488 e. The van der Waals surface area contributed by atoms with Crippen LogP contribution >= 0.6 is 22.9 Å². The molecular weight excluding hydrogens is 558 g/mol. The molecule has 0 radical (unpaired) electrons. The van der Waals surface area contributed by atoms with Gasteiger partial charge in [0.25, 0.3) is 5.56 Å². The Bertz CT molecular complexity index is 1860. The Balaban J connectivity index is 1.57. The van der Waals surface area contributed by atoms with Gasteiger partial charge < -0.3 is 9.47 Å². The standard InChI is InChI=1S/C32H26ClN3O4S/c1-19(2)40-31(38)28-20(3)35-32-36(29(28)23-12-14-25(33)15-13-23)30(37)27(41-32)16-24-6-4-5-7-26(24)39-18-22-10-8-21(17-34)9-11-22/h4-16,19,29H,18H2,1-3H3/b27-16-/t29-/m0/s1. The van der Waals surface area contributed by atoms with Crippen molar-refractivity contribution in [2.75, 3.05) is 0 Å². The number of carbonyl (C=O) groups is 1. The number of hydrogen-bond acceptors (Lipinski definition) is 7. The average Bonchev–Trinajstić information content (AvgIpc) is 3.26. The van der Waals surface area contributed by atoms with E-state index in [1.165, 1.54) is 11.3 Å². The molecular formula is C32H26ClN3O4S. The van der Waals surface area contributed by atoms with Crippen LogP contribution in [-0.2, 0) is 16.1 Å². The Morgan fingerprint density at radius 2 is 1.83 bits per heavy atom. The molecule has 9 heteroatoms. The van der Waals surface area contributed by atoms with Gasteiger partial charge in [-0.1, -0.05) is 65.4 Å². The zero-order valence-electron chi connectivity index (χ0n) is 22.6. The van der Waals surface area contributed by atoms with Gasteiger partial charge in [-0.2, -0.15) is 5.26 Å². The molecule has 0 amide bonds. The molecule has 1 aromatic heterocycles. The van der Waals surface area contributed by atoms with Gasteiger partial charge in [-0.3, -0.25) is 9.36 Å². The molecule has 1 aliphatic rings. The van der Waals surface area contributed by atoms with E-state index in [4.69, 9.17) is 26.3 Å². The highest BCUT2D eigenvalue weighted by Crippen LogP contribution is 2.31. The van der Waals surface area contributed by atoms with E-state index in [1.54, 1.807) is 67.8 Å². The number of nitriles is 1. The van der Waals surface area contributed by atoms with Crippen molar-refractivity contribution in [2.24, 2.45) is 4.99 Å². The molecule has 2 heterocycles. The van der Waals surface area contributed by atoms with E-state index in [0.29, 0.717) is 43.5 Å². The van der Waals surface area contributed by atoms with Gasteiger partial charge in [-0.15, -0.1) is 0 Å². The van der Waals surface area contributed by atoms with Crippen molar-refractivity contribution < 1.29 is 14.3 Å². The van der Waals surface area contributed by atoms with E-state index in [-0.39, 0.29) is 11.7 Å². The molecule has 1 aliphatic heterocycles. The van der Waals surface area contributed by atoms with Crippen molar-refractivity contribution in [3.05, 3.63) is 131 Å². The molecule has 7 nitrogen and oxygen atoms in total. The van der Waals surface area contributed by atoms with Gasteiger partial charge in [0.2, 0.25) is 0 Å². The number of ether oxygens (including phenoxy) is 2. The third kappa shape index (κ3) is 6.02. The average molecular weight is 584 g/mol. The second-order valence-electron chi connectivity index (χ2n) is 9.72. The highest BCUT2D eigenvalue weighted by Gasteiger charge is 2.33. The first-order chi connectivity index (χ1) is 19.7. The first-order valence-electron chi connectivity index (χ1n) is 12.9. The van der Waals surface area contributed by atoms with E-state index in [2.05, 4.69) is 11.1 Å². The topological polar surface area (TPSA) is 93.7 Å². The van der Waals surface area contributed by atoms with Gasteiger partial charge in [-0.05, 0) is 68.3 Å². The molecule has 3 aromatic carbocycles. The van der Waals surface area contributed by atoms with Crippen LogP contribution < -0.4 is 19.6 Å². The maximum Gasteiger partial charge on any atom is 0.338 e. The number of nitrogens with zero attached hydrogens (tertiary/aromatic N) is 3. The molecule has 5 rings (SSSR count). The lowest BCUT2D eigenvalue weighted by molar-refractivity contribution is -0.143. The van der Waals surface area contributed by atoms with Gasteiger partial charge >= 0.3 is 5.97 Å². The van der Waals surface area contributed by atoms with Crippen molar-refractivity contribution in [1.82, 2.24) is 4.57 Å². The summed E-state index contributed by atoms with van der Waals surface area (Å²) in [4.78, 5) is 32.3. The lowest BCUT2D eigenvalue weighted by Crippen LogP contribution is -2.40. The predicted octanol–water partition coefficient (Wildman–Crippen LogP) is 5.29. The molecule has 1 atom stereocenters. The SMILES string of the molecule is CC1=C(C(=O)OC(C)C)[C@H](c2ccc(Cl)cc2)n2c(s/c(=C\c3ccccc3OCc3ccc(C#N)cc3)c2=O)=N1. The summed E-state index contributed by atoms with van der Waals surface area (Å²) in [5.74, 6) is 0.0892. The smallest absolute Gasteiger partial charge is 0.338 e. The second-order valence-corrected chi connectivity index (χ2v) is 11.2. The first-order valence-corrected chi connectivity index (χ1v) is 14.1. The molecule has 206 valence electrons.